The van der Waals surface area contributed by atoms with Gasteiger partial charge in [0.2, 0.25) is 0 Å². The molecule has 0 fully saturated rings. The van der Waals surface area contributed by atoms with E-state index in [0.717, 1.165) is 0 Å². The van der Waals surface area contributed by atoms with Crippen LogP contribution in [-0.4, -0.2) is 40.3 Å². The fraction of sp³-hybridized carbons (Fsp3) is 0.333. The molecule has 19 heavy (non-hydrogen) atoms. The molecule has 0 aliphatic heterocycles. The van der Waals surface area contributed by atoms with E-state index in [1.807, 2.05) is 19.0 Å². The zero-order chi connectivity index (χ0) is 14.9. The summed E-state index contributed by atoms with van der Waals surface area (Å²) in [5.74, 6) is 0.0862. The van der Waals surface area contributed by atoms with Crippen LogP contribution in [0.1, 0.15) is 6.93 Å². The summed E-state index contributed by atoms with van der Waals surface area (Å²) in [6, 6.07) is 4.90. The van der Waals surface area contributed by atoms with Crippen molar-refractivity contribution in [3.63, 3.8) is 0 Å². The van der Waals surface area contributed by atoms with Gasteiger partial charge in [-0.2, -0.15) is 0 Å². The van der Waals surface area contributed by atoms with Gasteiger partial charge in [-0.25, -0.2) is 4.57 Å². The van der Waals surface area contributed by atoms with Crippen molar-refractivity contribution < 1.29 is 20.2 Å². The lowest BCUT2D eigenvalue weighted by Crippen LogP contribution is -2.14. The van der Waals surface area contributed by atoms with Crippen molar-refractivity contribution in [2.75, 3.05) is 20.6 Å². The molecule has 0 amide bonds. The van der Waals surface area contributed by atoms with Crippen LogP contribution in [0.4, 0.5) is 0 Å². The van der Waals surface area contributed by atoms with Crippen molar-refractivity contribution in [1.82, 2.24) is 9.88 Å². The van der Waals surface area contributed by atoms with Crippen molar-refractivity contribution in [3.05, 3.63) is 30.0 Å². The first kappa shape index (κ1) is 12.7. The fourth-order valence-electron chi connectivity index (χ4n) is 1.82. The number of phosphoric ester groups is 1. The highest BCUT2D eigenvalue weighted by Crippen LogP contribution is 2.41. The second kappa shape index (κ2) is 5.35. The molecule has 1 unspecified atom stereocenters. The zero-order valence-electron chi connectivity index (χ0n) is 11.7. The number of hydrogen-bond donors (Lipinski definition) is 3. The Hall–Kier alpha value is -1.33. The number of H-pyrrole nitrogens is 1. The highest BCUT2D eigenvalue weighted by Gasteiger charge is 2.19. The molecule has 1 atom stereocenters. The summed E-state index contributed by atoms with van der Waals surface area (Å²) >= 11 is 0. The van der Waals surface area contributed by atoms with E-state index in [1.54, 1.807) is 18.3 Å². The quantitative estimate of drug-likeness (QED) is 0.729. The highest BCUT2D eigenvalue weighted by molar-refractivity contribution is 7.46. The molecule has 2 rings (SSSR count). The van der Waals surface area contributed by atoms with Crippen LogP contribution >= 0.6 is 7.82 Å². The molecule has 0 aliphatic rings. The number of nitrogens with one attached hydrogen (secondary N) is 1. The van der Waals surface area contributed by atoms with Gasteiger partial charge in [-0.05, 0) is 38.2 Å². The molecule has 3 N–H and O–H groups in total. The Morgan fingerprint density at radius 1 is 1.47 bits per heavy atom. The lowest BCUT2D eigenvalue weighted by molar-refractivity contribution is 0.284. The van der Waals surface area contributed by atoms with Gasteiger partial charge >= 0.3 is 7.82 Å². The fourth-order valence-corrected chi connectivity index (χ4v) is 2.23. The maximum absolute atomic E-state index is 11.0. The van der Waals surface area contributed by atoms with Crippen LogP contribution in [0, 0.1) is 0 Å². The molecule has 0 radical (unpaired) electrons. The normalized spacial score (nSPS) is 14.7. The summed E-state index contributed by atoms with van der Waals surface area (Å²) in [6.45, 7) is 0.497. The number of aromatic amines is 1. The Balaban J connectivity index is 2.49. The number of benzene rings is 1. The first-order valence-electron chi connectivity index (χ1n) is 6.28. The lowest BCUT2D eigenvalue weighted by Gasteiger charge is -2.11. The molecule has 0 spiro atoms. The van der Waals surface area contributed by atoms with Crippen molar-refractivity contribution in [1.29, 1.82) is 0 Å². The third kappa shape index (κ3) is 3.58. The molecule has 104 valence electrons. The van der Waals surface area contributed by atoms with Gasteiger partial charge in [-0.15, -0.1) is 0 Å². The Labute approximate surface area is 112 Å². The van der Waals surface area contributed by atoms with E-state index in [2.05, 4.69) is 4.98 Å². The monoisotopic (exact) mass is 285 g/mol. The minimum absolute atomic E-state index is 0.0862. The van der Waals surface area contributed by atoms with Gasteiger partial charge in [-0.3, -0.25) is 9.79 Å². The van der Waals surface area contributed by atoms with Crippen LogP contribution < -0.4 is 4.52 Å². The van der Waals surface area contributed by atoms with Crippen molar-refractivity contribution in [3.8, 4) is 5.75 Å². The standard InChI is InChI=1S/C12H17N2O4P/c1-14(2)7-6-9-8-13-10-4-3-5-11(12(9)10)18-19(15,16)17/h3-5,8,13H,6-7H2,1-2H3,(H2,15,16,17)/i6D. The Kier molecular flexibility index (Phi) is 3.57. The second-order valence-electron chi connectivity index (χ2n) is 4.47. The average Bonchev–Trinajstić information content (AvgIpc) is 2.70. The smallest absolute Gasteiger partial charge is 0.404 e. The third-order valence-corrected chi connectivity index (χ3v) is 3.03. The number of aromatic nitrogens is 1. The van der Waals surface area contributed by atoms with Crippen LogP contribution in [0.25, 0.3) is 10.9 Å². The largest absolute Gasteiger partial charge is 0.524 e. The van der Waals surface area contributed by atoms with E-state index in [-0.39, 0.29) is 5.75 Å². The van der Waals surface area contributed by atoms with E-state index in [1.165, 1.54) is 6.07 Å². The van der Waals surface area contributed by atoms with Crippen LogP contribution in [0.2, 0.25) is 0 Å². The van der Waals surface area contributed by atoms with Gasteiger partial charge < -0.3 is 14.4 Å². The third-order valence-electron chi connectivity index (χ3n) is 2.59. The maximum atomic E-state index is 11.0. The number of nitrogens with zero attached hydrogens (tertiary/aromatic N) is 1. The minimum Gasteiger partial charge on any atom is -0.404 e. The summed E-state index contributed by atoms with van der Waals surface area (Å²) in [4.78, 5) is 22.8. The van der Waals surface area contributed by atoms with E-state index in [0.29, 0.717) is 23.0 Å². The number of fused-ring (bicyclic) bond motifs is 1. The number of phosphoric acid groups is 1. The number of rotatable bonds is 5. The topological polar surface area (TPSA) is 85.8 Å². The van der Waals surface area contributed by atoms with Crippen molar-refractivity contribution >= 4 is 18.7 Å². The molecule has 0 bridgehead atoms. The molecule has 0 aliphatic carbocycles. The summed E-state index contributed by atoms with van der Waals surface area (Å²) in [6.07, 6.45) is 1.14. The van der Waals surface area contributed by atoms with Gasteiger partial charge in [-0.1, -0.05) is 6.07 Å². The van der Waals surface area contributed by atoms with Gasteiger partial charge in [0, 0.05) is 25.0 Å². The second-order valence-corrected chi connectivity index (χ2v) is 5.63. The minimum atomic E-state index is -4.63. The van der Waals surface area contributed by atoms with Gasteiger partial charge in [0.15, 0.2) is 0 Å². The van der Waals surface area contributed by atoms with Gasteiger partial charge in [0.25, 0.3) is 0 Å². The van der Waals surface area contributed by atoms with E-state index < -0.39 is 14.2 Å². The van der Waals surface area contributed by atoms with Crippen LogP contribution in [0.15, 0.2) is 24.4 Å². The molecule has 1 aromatic heterocycles. The molecule has 1 aromatic carbocycles. The summed E-state index contributed by atoms with van der Waals surface area (Å²) in [7, 11) is -0.902. The lowest BCUT2D eigenvalue weighted by atomic mass is 10.1. The van der Waals surface area contributed by atoms with Crippen LogP contribution in [0.5, 0.6) is 5.75 Å². The first-order chi connectivity index (χ1) is 9.28. The first-order valence-corrected chi connectivity index (χ1v) is 7.23. The highest BCUT2D eigenvalue weighted by atomic mass is 31.2. The van der Waals surface area contributed by atoms with E-state index >= 15 is 0 Å². The van der Waals surface area contributed by atoms with Crippen LogP contribution in [-0.2, 0) is 11.0 Å². The molecule has 7 heteroatoms. The zero-order valence-corrected chi connectivity index (χ0v) is 11.6. The van der Waals surface area contributed by atoms with Gasteiger partial charge in [0.1, 0.15) is 5.75 Å². The Morgan fingerprint density at radius 3 is 2.84 bits per heavy atom. The van der Waals surface area contributed by atoms with Crippen molar-refractivity contribution in [2.24, 2.45) is 0 Å². The molecule has 1 heterocycles. The summed E-state index contributed by atoms with van der Waals surface area (Å²) < 4.78 is 23.9. The van der Waals surface area contributed by atoms with Crippen molar-refractivity contribution in [2.45, 2.75) is 6.40 Å². The van der Waals surface area contributed by atoms with Crippen LogP contribution in [0.3, 0.4) is 0 Å². The number of hydrogen-bond acceptors (Lipinski definition) is 3. The average molecular weight is 285 g/mol. The molecule has 0 saturated heterocycles. The molecule has 6 nitrogen and oxygen atoms in total. The van der Waals surface area contributed by atoms with Gasteiger partial charge in [0.05, 0.1) is 0 Å². The SMILES string of the molecule is [2H]C(CN(C)C)c1c[nH]c2cccc(OP(=O)(O)O)c12. The molecular weight excluding hydrogens is 267 g/mol. The number of likely N-dealkylation sites (N-methyl/N-ethyl adjacent to an activating group) is 1. The van der Waals surface area contributed by atoms with E-state index in [9.17, 15) is 4.57 Å². The molecular formula is C12H17N2O4P. The van der Waals surface area contributed by atoms with E-state index in [4.69, 9.17) is 15.7 Å². The maximum Gasteiger partial charge on any atom is 0.524 e. The summed E-state index contributed by atoms with van der Waals surface area (Å²) in [5, 5.41) is 0.540. The Morgan fingerprint density at radius 2 is 2.21 bits per heavy atom. The Bertz CT molecular complexity index is 652. The predicted octanol–water partition coefficient (Wildman–Crippen LogP) is 1.74. The molecule has 0 saturated carbocycles. The predicted molar refractivity (Wildman–Crippen MR) is 73.2 cm³/mol. The molecule has 2 aromatic rings. The summed E-state index contributed by atoms with van der Waals surface area (Å²) in [5.41, 5.74) is 1.33.